The Morgan fingerprint density at radius 3 is 2.31 bits per heavy atom. The van der Waals surface area contributed by atoms with Gasteiger partial charge in [-0.1, -0.05) is 42.5 Å². The van der Waals surface area contributed by atoms with Crippen molar-refractivity contribution in [3.8, 4) is 28.0 Å². The molecule has 0 atom stereocenters. The van der Waals surface area contributed by atoms with Crippen LogP contribution in [0.2, 0.25) is 0 Å². The largest absolute Gasteiger partial charge is 0.506 e. The predicted octanol–water partition coefficient (Wildman–Crippen LogP) is 4.70. The van der Waals surface area contributed by atoms with E-state index in [1.54, 1.807) is 0 Å². The summed E-state index contributed by atoms with van der Waals surface area (Å²) in [5.74, 6) is 0.0291. The van der Waals surface area contributed by atoms with Gasteiger partial charge in [-0.2, -0.15) is 0 Å². The van der Waals surface area contributed by atoms with Crippen LogP contribution in [-0.4, -0.2) is 24.2 Å². The maximum absolute atomic E-state index is 12.6. The van der Waals surface area contributed by atoms with E-state index >= 15 is 0 Å². The molecule has 0 aliphatic heterocycles. The lowest BCUT2D eigenvalue weighted by atomic mass is 10.0. The average molecular weight is 362 g/mol. The molecule has 26 heavy (non-hydrogen) atoms. The second kappa shape index (κ2) is 6.35. The molecule has 0 unspecified atom stereocenters. The monoisotopic (exact) mass is 362 g/mol. The molecule has 2 N–H and O–H groups in total. The first kappa shape index (κ1) is 16.4. The molecule has 0 bridgehead atoms. The van der Waals surface area contributed by atoms with Crippen molar-refractivity contribution in [2.45, 2.75) is 0 Å². The van der Waals surface area contributed by atoms with Gasteiger partial charge in [-0.3, -0.25) is 4.79 Å². The van der Waals surface area contributed by atoms with Gasteiger partial charge in [0, 0.05) is 30.7 Å². The van der Waals surface area contributed by atoms with Gasteiger partial charge in [-0.15, -0.1) is 11.3 Å². The number of hydrogen-bond acceptors (Lipinski definition) is 4. The summed E-state index contributed by atoms with van der Waals surface area (Å²) in [5.41, 5.74) is 3.68. The number of fused-ring (bicyclic) bond motifs is 1. The number of H-pyrrole nitrogens is 1. The van der Waals surface area contributed by atoms with Crippen molar-refractivity contribution >= 4 is 27.2 Å². The number of aromatic hydroxyl groups is 1. The molecular formula is C21H18N2O2S. The molecule has 2 heterocycles. The molecule has 0 fully saturated rings. The van der Waals surface area contributed by atoms with Crippen molar-refractivity contribution in [2.24, 2.45) is 0 Å². The van der Waals surface area contributed by atoms with Crippen LogP contribution in [0.3, 0.4) is 0 Å². The minimum Gasteiger partial charge on any atom is -0.506 e. The Morgan fingerprint density at radius 1 is 0.962 bits per heavy atom. The number of rotatable bonds is 3. The number of anilines is 1. The summed E-state index contributed by atoms with van der Waals surface area (Å²) < 4.78 is 0. The molecule has 0 radical (unpaired) electrons. The van der Waals surface area contributed by atoms with E-state index < -0.39 is 0 Å². The van der Waals surface area contributed by atoms with Gasteiger partial charge in [0.15, 0.2) is 0 Å². The summed E-state index contributed by atoms with van der Waals surface area (Å²) in [7, 11) is 3.92. The molecule has 0 spiro atoms. The number of aromatic nitrogens is 1. The number of benzene rings is 2. The lowest BCUT2D eigenvalue weighted by Gasteiger charge is -2.13. The normalized spacial score (nSPS) is 11.0. The Hall–Kier alpha value is -3.05. The highest BCUT2D eigenvalue weighted by molar-refractivity contribution is 7.17. The topological polar surface area (TPSA) is 56.3 Å². The molecule has 130 valence electrons. The third-order valence-electron chi connectivity index (χ3n) is 4.48. The predicted molar refractivity (Wildman–Crippen MR) is 109 cm³/mol. The molecular weight excluding hydrogens is 344 g/mol. The van der Waals surface area contributed by atoms with E-state index in [2.05, 4.69) is 4.98 Å². The number of thiophene rings is 1. The van der Waals surface area contributed by atoms with Gasteiger partial charge in [0.05, 0.1) is 10.9 Å². The Balaban J connectivity index is 1.95. The fraction of sp³-hybridized carbons (Fsp3) is 0.0952. The van der Waals surface area contributed by atoms with E-state index in [1.165, 1.54) is 11.3 Å². The maximum atomic E-state index is 12.6. The van der Waals surface area contributed by atoms with Crippen molar-refractivity contribution in [1.82, 2.24) is 4.98 Å². The highest BCUT2D eigenvalue weighted by Gasteiger charge is 2.18. The lowest BCUT2D eigenvalue weighted by molar-refractivity contribution is 0.483. The van der Waals surface area contributed by atoms with E-state index in [1.807, 2.05) is 79.0 Å². The van der Waals surface area contributed by atoms with E-state index in [-0.39, 0.29) is 11.3 Å². The van der Waals surface area contributed by atoms with Crippen LogP contribution in [-0.2, 0) is 0 Å². The third kappa shape index (κ3) is 2.66. The zero-order valence-electron chi connectivity index (χ0n) is 14.5. The van der Waals surface area contributed by atoms with Crippen LogP contribution in [0.25, 0.3) is 32.5 Å². The zero-order chi connectivity index (χ0) is 18.3. The van der Waals surface area contributed by atoms with Gasteiger partial charge >= 0.3 is 0 Å². The molecule has 0 saturated carbocycles. The molecule has 4 nitrogen and oxygen atoms in total. The maximum Gasteiger partial charge on any atom is 0.260 e. The van der Waals surface area contributed by atoms with Crippen molar-refractivity contribution in [3.63, 3.8) is 0 Å². The number of pyridine rings is 1. The SMILES string of the molecule is CN(C)c1ccc(-c2c(O)c3c(-c4ccccc4)csc3[nH]c2=O)cc1. The summed E-state index contributed by atoms with van der Waals surface area (Å²) in [6, 6.07) is 17.5. The average Bonchev–Trinajstić information content (AvgIpc) is 3.07. The lowest BCUT2D eigenvalue weighted by Crippen LogP contribution is -2.10. The van der Waals surface area contributed by atoms with Gasteiger partial charge in [-0.05, 0) is 23.3 Å². The number of hydrogen-bond donors (Lipinski definition) is 2. The molecule has 4 aromatic rings. The zero-order valence-corrected chi connectivity index (χ0v) is 15.3. The molecule has 2 aromatic carbocycles. The van der Waals surface area contributed by atoms with E-state index in [0.717, 1.165) is 16.8 Å². The van der Waals surface area contributed by atoms with Gasteiger partial charge in [0.2, 0.25) is 0 Å². The number of nitrogens with zero attached hydrogens (tertiary/aromatic N) is 1. The van der Waals surface area contributed by atoms with Crippen molar-refractivity contribution in [1.29, 1.82) is 0 Å². The Labute approximate surface area is 155 Å². The summed E-state index contributed by atoms with van der Waals surface area (Å²) in [4.78, 5) is 18.2. The van der Waals surface area contributed by atoms with E-state index in [9.17, 15) is 9.90 Å². The molecule has 0 aliphatic carbocycles. The third-order valence-corrected chi connectivity index (χ3v) is 5.37. The van der Waals surface area contributed by atoms with Gasteiger partial charge in [0.1, 0.15) is 10.6 Å². The molecule has 0 amide bonds. The van der Waals surface area contributed by atoms with E-state index in [0.29, 0.717) is 21.3 Å². The first-order valence-electron chi connectivity index (χ1n) is 8.26. The van der Waals surface area contributed by atoms with Gasteiger partial charge < -0.3 is 15.0 Å². The molecule has 2 aromatic heterocycles. The van der Waals surface area contributed by atoms with Crippen LogP contribution in [0.15, 0.2) is 64.8 Å². The van der Waals surface area contributed by atoms with Crippen LogP contribution >= 0.6 is 11.3 Å². The highest BCUT2D eigenvalue weighted by atomic mass is 32.1. The first-order chi connectivity index (χ1) is 12.6. The Morgan fingerprint density at radius 2 is 1.65 bits per heavy atom. The van der Waals surface area contributed by atoms with Gasteiger partial charge in [-0.25, -0.2) is 0 Å². The van der Waals surface area contributed by atoms with E-state index in [4.69, 9.17) is 0 Å². The fourth-order valence-corrected chi connectivity index (χ4v) is 4.07. The minimum absolute atomic E-state index is 0.0291. The van der Waals surface area contributed by atoms with Crippen molar-refractivity contribution < 1.29 is 5.11 Å². The molecule has 4 rings (SSSR count). The second-order valence-electron chi connectivity index (χ2n) is 6.34. The highest BCUT2D eigenvalue weighted by Crippen LogP contribution is 2.41. The van der Waals surface area contributed by atoms with Crippen molar-refractivity contribution in [2.75, 3.05) is 19.0 Å². The minimum atomic E-state index is -0.283. The summed E-state index contributed by atoms with van der Waals surface area (Å²) in [5, 5.41) is 13.6. The summed E-state index contributed by atoms with van der Waals surface area (Å²) in [6.07, 6.45) is 0. The van der Waals surface area contributed by atoms with Gasteiger partial charge in [0.25, 0.3) is 5.56 Å². The smallest absolute Gasteiger partial charge is 0.260 e. The number of nitrogens with one attached hydrogen (secondary N) is 1. The quantitative estimate of drug-likeness (QED) is 0.556. The van der Waals surface area contributed by atoms with Crippen LogP contribution in [0.5, 0.6) is 5.75 Å². The molecule has 0 saturated heterocycles. The van der Waals surface area contributed by atoms with Crippen LogP contribution < -0.4 is 10.5 Å². The molecule has 5 heteroatoms. The van der Waals surface area contributed by atoms with Crippen molar-refractivity contribution in [3.05, 3.63) is 70.3 Å². The Bertz CT molecular complexity index is 1130. The van der Waals surface area contributed by atoms with Crippen LogP contribution in [0, 0.1) is 0 Å². The number of aromatic amines is 1. The molecule has 0 aliphatic rings. The first-order valence-corrected chi connectivity index (χ1v) is 9.14. The summed E-state index contributed by atoms with van der Waals surface area (Å²) in [6.45, 7) is 0. The summed E-state index contributed by atoms with van der Waals surface area (Å²) >= 11 is 1.43. The Kier molecular flexibility index (Phi) is 4.01. The second-order valence-corrected chi connectivity index (χ2v) is 7.22. The van der Waals surface area contributed by atoms with Crippen LogP contribution in [0.4, 0.5) is 5.69 Å². The fourth-order valence-electron chi connectivity index (χ4n) is 3.11. The van der Waals surface area contributed by atoms with Crippen LogP contribution in [0.1, 0.15) is 0 Å². The standard InChI is InChI=1S/C21H18N2O2S/c1-23(2)15-10-8-14(9-11-15)17-19(24)18-16(13-6-4-3-5-7-13)12-26-21(18)22-20(17)25/h3-12H,1-2H3,(H2,22,24,25).